The van der Waals surface area contributed by atoms with Crippen LogP contribution in [0.3, 0.4) is 0 Å². The Morgan fingerprint density at radius 3 is 2.46 bits per heavy atom. The van der Waals surface area contributed by atoms with E-state index >= 15 is 0 Å². The number of hydrogen-bond acceptors (Lipinski definition) is 2. The standard InChI is InChI=1S/C21H27NOS/c1-4-24-20-10-6-5-9-19(20)21(23)22-15-7-8-17-11-13-18(14-12-17)16(2)3/h5-6,9-14,16H,4,7-8,15H2,1-3H3,(H,22,23). The molecule has 0 aliphatic heterocycles. The molecule has 0 saturated heterocycles. The Kier molecular flexibility index (Phi) is 7.38. The number of aryl methyl sites for hydroxylation is 1. The first-order chi connectivity index (χ1) is 11.6. The normalized spacial score (nSPS) is 10.8. The monoisotopic (exact) mass is 341 g/mol. The minimum absolute atomic E-state index is 0.0294. The van der Waals surface area contributed by atoms with E-state index in [1.54, 1.807) is 11.8 Å². The first-order valence-electron chi connectivity index (χ1n) is 8.70. The molecule has 0 fully saturated rings. The molecule has 0 aliphatic rings. The molecule has 2 rings (SSSR count). The van der Waals surface area contributed by atoms with Crippen molar-refractivity contribution in [2.45, 2.75) is 44.4 Å². The smallest absolute Gasteiger partial charge is 0.252 e. The third kappa shape index (κ3) is 5.41. The van der Waals surface area contributed by atoms with Gasteiger partial charge in [-0.05, 0) is 47.8 Å². The Morgan fingerprint density at radius 1 is 1.08 bits per heavy atom. The van der Waals surface area contributed by atoms with Crippen molar-refractivity contribution in [1.82, 2.24) is 5.32 Å². The number of rotatable bonds is 8. The van der Waals surface area contributed by atoms with E-state index in [9.17, 15) is 4.79 Å². The molecule has 0 heterocycles. The van der Waals surface area contributed by atoms with Crippen LogP contribution in [-0.4, -0.2) is 18.2 Å². The maximum absolute atomic E-state index is 12.3. The van der Waals surface area contributed by atoms with Crippen LogP contribution >= 0.6 is 11.8 Å². The lowest BCUT2D eigenvalue weighted by atomic mass is 10.0. The van der Waals surface area contributed by atoms with Crippen molar-refractivity contribution in [1.29, 1.82) is 0 Å². The van der Waals surface area contributed by atoms with E-state index in [0.717, 1.165) is 29.1 Å². The molecule has 2 nitrogen and oxygen atoms in total. The molecular formula is C21H27NOS. The van der Waals surface area contributed by atoms with Crippen LogP contribution in [0, 0.1) is 0 Å². The summed E-state index contributed by atoms with van der Waals surface area (Å²) in [6.07, 6.45) is 1.94. The van der Waals surface area contributed by atoms with Crippen molar-refractivity contribution in [3.05, 3.63) is 65.2 Å². The van der Waals surface area contributed by atoms with Gasteiger partial charge in [0, 0.05) is 11.4 Å². The fourth-order valence-corrected chi connectivity index (χ4v) is 3.40. The summed E-state index contributed by atoms with van der Waals surface area (Å²) in [7, 11) is 0. The van der Waals surface area contributed by atoms with Crippen LogP contribution in [0.15, 0.2) is 53.4 Å². The third-order valence-corrected chi connectivity index (χ3v) is 4.96. The minimum Gasteiger partial charge on any atom is -0.352 e. The molecule has 128 valence electrons. The number of nitrogens with one attached hydrogen (secondary N) is 1. The summed E-state index contributed by atoms with van der Waals surface area (Å²) in [6.45, 7) is 7.22. The van der Waals surface area contributed by atoms with Gasteiger partial charge < -0.3 is 5.32 Å². The summed E-state index contributed by atoms with van der Waals surface area (Å²) in [5.41, 5.74) is 3.48. The van der Waals surface area contributed by atoms with Gasteiger partial charge in [0.1, 0.15) is 0 Å². The summed E-state index contributed by atoms with van der Waals surface area (Å²) >= 11 is 1.71. The van der Waals surface area contributed by atoms with Crippen LogP contribution < -0.4 is 5.32 Å². The molecule has 1 amide bonds. The topological polar surface area (TPSA) is 29.1 Å². The highest BCUT2D eigenvalue weighted by atomic mass is 32.2. The largest absolute Gasteiger partial charge is 0.352 e. The molecule has 0 atom stereocenters. The third-order valence-electron chi connectivity index (χ3n) is 4.01. The van der Waals surface area contributed by atoms with Crippen molar-refractivity contribution >= 4 is 17.7 Å². The van der Waals surface area contributed by atoms with Crippen LogP contribution in [0.4, 0.5) is 0 Å². The van der Waals surface area contributed by atoms with Gasteiger partial charge in [-0.3, -0.25) is 4.79 Å². The number of amides is 1. The average molecular weight is 342 g/mol. The van der Waals surface area contributed by atoms with Crippen molar-refractivity contribution in [3.63, 3.8) is 0 Å². The minimum atomic E-state index is 0.0294. The van der Waals surface area contributed by atoms with Gasteiger partial charge in [0.05, 0.1) is 5.56 Å². The summed E-state index contributed by atoms with van der Waals surface area (Å²) < 4.78 is 0. The highest BCUT2D eigenvalue weighted by Crippen LogP contribution is 2.22. The van der Waals surface area contributed by atoms with Gasteiger partial charge in [-0.25, -0.2) is 0 Å². The molecule has 0 spiro atoms. The van der Waals surface area contributed by atoms with Crippen LogP contribution in [0.5, 0.6) is 0 Å². The van der Waals surface area contributed by atoms with E-state index < -0.39 is 0 Å². The van der Waals surface area contributed by atoms with Crippen molar-refractivity contribution < 1.29 is 4.79 Å². The summed E-state index contributed by atoms with van der Waals surface area (Å²) in [5, 5.41) is 3.05. The lowest BCUT2D eigenvalue weighted by Gasteiger charge is -2.10. The molecule has 0 aromatic heterocycles. The Morgan fingerprint density at radius 2 is 1.79 bits per heavy atom. The van der Waals surface area contributed by atoms with E-state index in [4.69, 9.17) is 0 Å². The fourth-order valence-electron chi connectivity index (χ4n) is 2.59. The SMILES string of the molecule is CCSc1ccccc1C(=O)NCCCc1ccc(C(C)C)cc1. The molecular weight excluding hydrogens is 314 g/mol. The molecule has 2 aromatic carbocycles. The van der Waals surface area contributed by atoms with E-state index in [-0.39, 0.29) is 5.91 Å². The van der Waals surface area contributed by atoms with Crippen molar-refractivity contribution in [2.24, 2.45) is 0 Å². The van der Waals surface area contributed by atoms with Gasteiger partial charge in [-0.2, -0.15) is 0 Å². The summed E-state index contributed by atoms with van der Waals surface area (Å²) in [4.78, 5) is 13.4. The van der Waals surface area contributed by atoms with Crippen LogP contribution in [0.2, 0.25) is 0 Å². The fraction of sp³-hybridized carbons (Fsp3) is 0.381. The van der Waals surface area contributed by atoms with Gasteiger partial charge in [-0.15, -0.1) is 11.8 Å². The number of thioether (sulfide) groups is 1. The van der Waals surface area contributed by atoms with Crippen LogP contribution in [-0.2, 0) is 6.42 Å². The van der Waals surface area contributed by atoms with Gasteiger partial charge in [0.25, 0.3) is 5.91 Å². The van der Waals surface area contributed by atoms with Crippen LogP contribution in [0.1, 0.15) is 54.6 Å². The lowest BCUT2D eigenvalue weighted by Crippen LogP contribution is -2.25. The highest BCUT2D eigenvalue weighted by molar-refractivity contribution is 7.99. The van der Waals surface area contributed by atoms with E-state index in [1.807, 2.05) is 24.3 Å². The molecule has 24 heavy (non-hydrogen) atoms. The molecule has 0 saturated carbocycles. The van der Waals surface area contributed by atoms with E-state index in [2.05, 4.69) is 50.4 Å². The summed E-state index contributed by atoms with van der Waals surface area (Å²) in [6, 6.07) is 16.6. The Bertz CT molecular complexity index is 649. The maximum atomic E-state index is 12.3. The Hall–Kier alpha value is -1.74. The van der Waals surface area contributed by atoms with Crippen molar-refractivity contribution in [2.75, 3.05) is 12.3 Å². The quantitative estimate of drug-likeness (QED) is 0.522. The number of carbonyl (C=O) groups is 1. The van der Waals surface area contributed by atoms with Gasteiger partial charge in [-0.1, -0.05) is 57.2 Å². The molecule has 0 radical (unpaired) electrons. The molecule has 0 bridgehead atoms. The highest BCUT2D eigenvalue weighted by Gasteiger charge is 2.10. The second-order valence-electron chi connectivity index (χ2n) is 6.18. The maximum Gasteiger partial charge on any atom is 0.252 e. The van der Waals surface area contributed by atoms with Gasteiger partial charge in [0.15, 0.2) is 0 Å². The van der Waals surface area contributed by atoms with Gasteiger partial charge >= 0.3 is 0 Å². The molecule has 1 N–H and O–H groups in total. The first kappa shape index (κ1) is 18.6. The van der Waals surface area contributed by atoms with E-state index in [0.29, 0.717) is 12.5 Å². The second-order valence-corrected chi connectivity index (χ2v) is 7.49. The predicted octanol–water partition coefficient (Wildman–Crippen LogP) is 5.28. The zero-order valence-electron chi connectivity index (χ0n) is 14.8. The van der Waals surface area contributed by atoms with E-state index in [1.165, 1.54) is 11.1 Å². The number of benzene rings is 2. The molecule has 0 aliphatic carbocycles. The molecule has 3 heteroatoms. The lowest BCUT2D eigenvalue weighted by molar-refractivity contribution is 0.0950. The van der Waals surface area contributed by atoms with Gasteiger partial charge in [0.2, 0.25) is 0 Å². The van der Waals surface area contributed by atoms with Crippen LogP contribution in [0.25, 0.3) is 0 Å². The molecule has 0 unspecified atom stereocenters. The Balaban J connectivity index is 1.80. The Labute approximate surface area is 150 Å². The first-order valence-corrected chi connectivity index (χ1v) is 9.69. The number of carbonyl (C=O) groups excluding carboxylic acids is 1. The zero-order valence-corrected chi connectivity index (χ0v) is 15.7. The average Bonchev–Trinajstić information content (AvgIpc) is 2.59. The van der Waals surface area contributed by atoms with Crippen molar-refractivity contribution in [3.8, 4) is 0 Å². The second kappa shape index (κ2) is 9.53. The molecule has 2 aromatic rings. The zero-order chi connectivity index (χ0) is 17.4. The summed E-state index contributed by atoms with van der Waals surface area (Å²) in [5.74, 6) is 1.57. The number of hydrogen-bond donors (Lipinski definition) is 1. The predicted molar refractivity (Wildman–Crippen MR) is 104 cm³/mol.